The van der Waals surface area contributed by atoms with Gasteiger partial charge in [-0.3, -0.25) is 0 Å². The van der Waals surface area contributed by atoms with Gasteiger partial charge in [0.15, 0.2) is 5.82 Å². The molecule has 0 saturated heterocycles. The predicted molar refractivity (Wildman–Crippen MR) is 76.9 cm³/mol. The summed E-state index contributed by atoms with van der Waals surface area (Å²) in [5, 5.41) is 0.454. The number of nitrogen functional groups attached to an aromatic ring is 1. The Morgan fingerprint density at radius 2 is 1.83 bits per heavy atom. The molecular formula is C14H16ClN3. The van der Waals surface area contributed by atoms with Crippen LogP contribution < -0.4 is 10.6 Å². The molecule has 0 amide bonds. The van der Waals surface area contributed by atoms with Gasteiger partial charge in [0.05, 0.1) is 5.69 Å². The average Bonchev–Trinajstić information content (AvgIpc) is 2.35. The summed E-state index contributed by atoms with van der Waals surface area (Å²) in [7, 11) is 1.95. The molecule has 1 heterocycles. The van der Waals surface area contributed by atoms with E-state index in [-0.39, 0.29) is 0 Å². The van der Waals surface area contributed by atoms with Crippen LogP contribution in [-0.2, 0) is 6.54 Å². The van der Waals surface area contributed by atoms with Crippen molar-refractivity contribution in [3.63, 3.8) is 0 Å². The molecule has 1 aromatic heterocycles. The molecule has 0 unspecified atom stereocenters. The number of anilines is 2. The summed E-state index contributed by atoms with van der Waals surface area (Å²) in [6, 6.07) is 11.9. The molecule has 0 radical (unpaired) electrons. The Morgan fingerprint density at radius 1 is 1.17 bits per heavy atom. The molecule has 0 aliphatic carbocycles. The summed E-state index contributed by atoms with van der Waals surface area (Å²) in [4.78, 5) is 6.24. The minimum Gasteiger partial charge on any atom is -0.396 e. The highest BCUT2D eigenvalue weighted by atomic mass is 35.5. The van der Waals surface area contributed by atoms with Crippen molar-refractivity contribution in [3.05, 3.63) is 52.7 Å². The second-order valence-corrected chi connectivity index (χ2v) is 4.78. The summed E-state index contributed by atoms with van der Waals surface area (Å²) in [5.74, 6) is 0.711. The van der Waals surface area contributed by atoms with Crippen LogP contribution in [0.1, 0.15) is 11.1 Å². The highest BCUT2D eigenvalue weighted by molar-refractivity contribution is 6.29. The third-order valence-electron chi connectivity index (χ3n) is 2.77. The third kappa shape index (κ3) is 2.93. The number of aromatic nitrogens is 1. The number of nitrogens with zero attached hydrogens (tertiary/aromatic N) is 2. The molecule has 0 spiro atoms. The highest BCUT2D eigenvalue weighted by Gasteiger charge is 2.08. The van der Waals surface area contributed by atoms with Crippen LogP contribution in [0.3, 0.4) is 0 Å². The molecule has 2 N–H and O–H groups in total. The van der Waals surface area contributed by atoms with Gasteiger partial charge in [-0.05, 0) is 24.6 Å². The average molecular weight is 262 g/mol. The number of pyridine rings is 1. The first-order valence-electron chi connectivity index (χ1n) is 5.75. The van der Waals surface area contributed by atoms with E-state index >= 15 is 0 Å². The first-order chi connectivity index (χ1) is 8.56. The lowest BCUT2D eigenvalue weighted by Crippen LogP contribution is -2.19. The molecule has 4 heteroatoms. The first kappa shape index (κ1) is 12.7. The second-order valence-electron chi connectivity index (χ2n) is 4.39. The minimum atomic E-state index is 0.454. The van der Waals surface area contributed by atoms with Crippen molar-refractivity contribution in [2.45, 2.75) is 13.5 Å². The summed E-state index contributed by atoms with van der Waals surface area (Å²) < 4.78 is 0. The summed E-state index contributed by atoms with van der Waals surface area (Å²) in [6.07, 6.45) is 0. The van der Waals surface area contributed by atoms with Crippen molar-refractivity contribution >= 4 is 23.1 Å². The Balaban J connectivity index is 2.18. The van der Waals surface area contributed by atoms with E-state index in [0.717, 1.165) is 6.54 Å². The Morgan fingerprint density at radius 3 is 2.50 bits per heavy atom. The Bertz CT molecular complexity index is 537. The van der Waals surface area contributed by atoms with Crippen LogP contribution in [0.2, 0.25) is 5.15 Å². The third-order valence-corrected chi connectivity index (χ3v) is 2.98. The van der Waals surface area contributed by atoms with Crippen molar-refractivity contribution < 1.29 is 0 Å². The Labute approximate surface area is 112 Å². The maximum Gasteiger partial charge on any atom is 0.153 e. The number of aryl methyl sites for hydroxylation is 1. The molecule has 1 aromatic carbocycles. The molecule has 94 valence electrons. The molecule has 2 rings (SSSR count). The number of hydrogen-bond acceptors (Lipinski definition) is 3. The number of benzene rings is 1. The van der Waals surface area contributed by atoms with Gasteiger partial charge in [-0.25, -0.2) is 4.98 Å². The van der Waals surface area contributed by atoms with Crippen LogP contribution in [0, 0.1) is 6.92 Å². The van der Waals surface area contributed by atoms with Crippen LogP contribution in [-0.4, -0.2) is 12.0 Å². The molecule has 0 atom stereocenters. The van der Waals surface area contributed by atoms with Crippen LogP contribution >= 0.6 is 11.6 Å². The van der Waals surface area contributed by atoms with Gasteiger partial charge in [0.25, 0.3) is 0 Å². The summed E-state index contributed by atoms with van der Waals surface area (Å²) in [6.45, 7) is 2.82. The monoisotopic (exact) mass is 261 g/mol. The van der Waals surface area contributed by atoms with Gasteiger partial charge >= 0.3 is 0 Å². The van der Waals surface area contributed by atoms with Gasteiger partial charge in [0, 0.05) is 13.6 Å². The van der Waals surface area contributed by atoms with Crippen molar-refractivity contribution in [1.82, 2.24) is 4.98 Å². The smallest absolute Gasteiger partial charge is 0.153 e. The van der Waals surface area contributed by atoms with E-state index in [4.69, 9.17) is 17.3 Å². The van der Waals surface area contributed by atoms with E-state index in [1.807, 2.05) is 11.9 Å². The zero-order valence-electron chi connectivity index (χ0n) is 10.5. The second kappa shape index (κ2) is 5.27. The zero-order chi connectivity index (χ0) is 13.1. The first-order valence-corrected chi connectivity index (χ1v) is 6.13. The van der Waals surface area contributed by atoms with Crippen molar-refractivity contribution in [3.8, 4) is 0 Å². The highest BCUT2D eigenvalue weighted by Crippen LogP contribution is 2.23. The number of nitrogens with two attached hydrogens (primary N) is 1. The topological polar surface area (TPSA) is 42.2 Å². The molecule has 0 aliphatic rings. The fraction of sp³-hybridized carbons (Fsp3) is 0.214. The summed E-state index contributed by atoms with van der Waals surface area (Å²) >= 11 is 5.89. The van der Waals surface area contributed by atoms with Crippen LogP contribution in [0.5, 0.6) is 0 Å². The Hall–Kier alpha value is -1.74. The summed E-state index contributed by atoms with van der Waals surface area (Å²) in [5.41, 5.74) is 9.00. The molecule has 3 nitrogen and oxygen atoms in total. The SMILES string of the molecule is Cc1ccc(CN(C)c2nc(Cl)ccc2N)cc1. The lowest BCUT2D eigenvalue weighted by molar-refractivity contribution is 0.900. The maximum atomic E-state index is 5.91. The number of rotatable bonds is 3. The quantitative estimate of drug-likeness (QED) is 0.863. The Kier molecular flexibility index (Phi) is 3.72. The van der Waals surface area contributed by atoms with Crippen molar-refractivity contribution in [1.29, 1.82) is 0 Å². The van der Waals surface area contributed by atoms with Gasteiger partial charge in [-0.15, -0.1) is 0 Å². The van der Waals surface area contributed by atoms with Gasteiger partial charge in [0.2, 0.25) is 0 Å². The van der Waals surface area contributed by atoms with Crippen molar-refractivity contribution in [2.75, 3.05) is 17.7 Å². The molecular weight excluding hydrogens is 246 g/mol. The minimum absolute atomic E-state index is 0.454. The largest absolute Gasteiger partial charge is 0.396 e. The molecule has 2 aromatic rings. The normalized spacial score (nSPS) is 10.4. The van der Waals surface area contributed by atoms with E-state index in [2.05, 4.69) is 36.2 Å². The standard InChI is InChI=1S/C14H16ClN3/c1-10-3-5-11(6-4-10)9-18(2)14-12(16)7-8-13(15)17-14/h3-8H,9,16H2,1-2H3. The molecule has 18 heavy (non-hydrogen) atoms. The van der Waals surface area contributed by atoms with E-state index in [0.29, 0.717) is 16.7 Å². The number of hydrogen-bond donors (Lipinski definition) is 1. The number of halogens is 1. The fourth-order valence-corrected chi connectivity index (χ4v) is 1.93. The van der Waals surface area contributed by atoms with E-state index in [9.17, 15) is 0 Å². The van der Waals surface area contributed by atoms with Crippen LogP contribution in [0.25, 0.3) is 0 Å². The van der Waals surface area contributed by atoms with Crippen LogP contribution in [0.4, 0.5) is 11.5 Å². The van der Waals surface area contributed by atoms with Crippen LogP contribution in [0.15, 0.2) is 36.4 Å². The van der Waals surface area contributed by atoms with E-state index in [1.165, 1.54) is 11.1 Å². The van der Waals surface area contributed by atoms with Crippen molar-refractivity contribution in [2.24, 2.45) is 0 Å². The molecule has 0 fully saturated rings. The maximum absolute atomic E-state index is 5.91. The predicted octanol–water partition coefficient (Wildman–Crippen LogP) is 3.26. The van der Waals surface area contributed by atoms with Gasteiger partial charge < -0.3 is 10.6 Å². The molecule has 0 bridgehead atoms. The fourth-order valence-electron chi connectivity index (χ4n) is 1.78. The van der Waals surface area contributed by atoms with Gasteiger partial charge in [-0.2, -0.15) is 0 Å². The van der Waals surface area contributed by atoms with E-state index < -0.39 is 0 Å². The lowest BCUT2D eigenvalue weighted by Gasteiger charge is -2.20. The zero-order valence-corrected chi connectivity index (χ0v) is 11.3. The lowest BCUT2D eigenvalue weighted by atomic mass is 10.1. The van der Waals surface area contributed by atoms with E-state index in [1.54, 1.807) is 12.1 Å². The van der Waals surface area contributed by atoms with Gasteiger partial charge in [0.1, 0.15) is 5.15 Å². The molecule has 0 aliphatic heterocycles. The molecule has 0 saturated carbocycles. The van der Waals surface area contributed by atoms with Gasteiger partial charge in [-0.1, -0.05) is 41.4 Å².